The topological polar surface area (TPSA) is 101 Å². The highest BCUT2D eigenvalue weighted by Gasteiger charge is 2.21. The molecule has 0 spiro atoms. The fourth-order valence-electron chi connectivity index (χ4n) is 1.37. The second-order valence-electron chi connectivity index (χ2n) is 4.83. The number of benzene rings is 1. The lowest BCUT2D eigenvalue weighted by atomic mass is 10.2. The van der Waals surface area contributed by atoms with Crippen LogP contribution in [0.15, 0.2) is 21.5 Å². The van der Waals surface area contributed by atoms with Crippen LogP contribution in [0.4, 0.5) is 10.1 Å². The minimum Gasteiger partial charge on any atom is -0.398 e. The lowest BCUT2D eigenvalue weighted by Crippen LogP contribution is -2.38. The number of nitrogen functional groups attached to an aromatic ring is 1. The van der Waals surface area contributed by atoms with Gasteiger partial charge in [-0.2, -0.15) is 0 Å². The molecule has 0 aromatic heterocycles. The quantitative estimate of drug-likeness (QED) is 0.644. The number of nitrogens with one attached hydrogen (secondary N) is 2. The van der Waals surface area contributed by atoms with Gasteiger partial charge in [-0.3, -0.25) is 4.79 Å². The van der Waals surface area contributed by atoms with E-state index in [2.05, 4.69) is 21.2 Å². The van der Waals surface area contributed by atoms with Crippen LogP contribution in [0.5, 0.6) is 0 Å². The lowest BCUT2D eigenvalue weighted by molar-refractivity contribution is -0.120. The molecule has 0 saturated carbocycles. The van der Waals surface area contributed by atoms with Crippen molar-refractivity contribution in [2.75, 3.05) is 18.8 Å². The summed E-state index contributed by atoms with van der Waals surface area (Å²) >= 11 is 3.00. The molecule has 1 aromatic carbocycles. The van der Waals surface area contributed by atoms with E-state index < -0.39 is 33.2 Å². The van der Waals surface area contributed by atoms with Crippen molar-refractivity contribution in [2.45, 2.75) is 18.7 Å². The van der Waals surface area contributed by atoms with Crippen LogP contribution >= 0.6 is 15.9 Å². The Morgan fingerprint density at radius 1 is 1.43 bits per heavy atom. The summed E-state index contributed by atoms with van der Waals surface area (Å²) in [5.74, 6) is -1.20. The summed E-state index contributed by atoms with van der Waals surface area (Å²) in [5, 5.41) is 2.55. The lowest BCUT2D eigenvalue weighted by Gasteiger charge is -2.10. The number of hydrogen-bond donors (Lipinski definition) is 3. The van der Waals surface area contributed by atoms with Crippen molar-refractivity contribution in [1.29, 1.82) is 0 Å². The average molecular weight is 382 g/mol. The fourth-order valence-corrected chi connectivity index (χ4v) is 2.76. The van der Waals surface area contributed by atoms with Gasteiger partial charge in [0.15, 0.2) is 0 Å². The molecule has 0 aliphatic rings. The Morgan fingerprint density at radius 2 is 2.05 bits per heavy atom. The smallest absolute Gasteiger partial charge is 0.244 e. The highest BCUT2D eigenvalue weighted by atomic mass is 79.9. The molecule has 1 rings (SSSR count). The molecule has 0 saturated heterocycles. The molecule has 6 nitrogen and oxygen atoms in total. The summed E-state index contributed by atoms with van der Waals surface area (Å²) in [7, 11) is -4.15. The minimum atomic E-state index is -4.15. The predicted octanol–water partition coefficient (Wildman–Crippen LogP) is 1.22. The molecule has 0 aliphatic heterocycles. The Labute approximate surface area is 131 Å². The van der Waals surface area contributed by atoms with E-state index in [9.17, 15) is 17.6 Å². The number of carbonyl (C=O) groups is 1. The number of halogens is 2. The number of sulfonamides is 1. The van der Waals surface area contributed by atoms with Gasteiger partial charge in [-0.15, -0.1) is 0 Å². The van der Waals surface area contributed by atoms with Crippen molar-refractivity contribution in [3.05, 3.63) is 22.4 Å². The first-order chi connectivity index (χ1) is 9.63. The van der Waals surface area contributed by atoms with Crippen LogP contribution in [0.1, 0.15) is 13.8 Å². The average Bonchev–Trinajstić information content (AvgIpc) is 2.38. The van der Waals surface area contributed by atoms with E-state index in [1.54, 1.807) is 0 Å². The van der Waals surface area contributed by atoms with Crippen LogP contribution in [0.2, 0.25) is 0 Å². The monoisotopic (exact) mass is 381 g/mol. The summed E-state index contributed by atoms with van der Waals surface area (Å²) in [4.78, 5) is 10.9. The molecule has 0 unspecified atom stereocenters. The normalized spacial score (nSPS) is 11.7. The van der Waals surface area contributed by atoms with Crippen molar-refractivity contribution < 1.29 is 17.6 Å². The van der Waals surface area contributed by atoms with Gasteiger partial charge in [-0.05, 0) is 34.0 Å². The fraction of sp³-hybridized carbons (Fsp3) is 0.417. The van der Waals surface area contributed by atoms with E-state index >= 15 is 0 Å². The van der Waals surface area contributed by atoms with Crippen LogP contribution in [-0.2, 0) is 14.8 Å². The number of carbonyl (C=O) groups excluding carboxylic acids is 1. The zero-order chi connectivity index (χ0) is 16.2. The van der Waals surface area contributed by atoms with Gasteiger partial charge in [-0.25, -0.2) is 17.5 Å². The highest BCUT2D eigenvalue weighted by molar-refractivity contribution is 9.10. The van der Waals surface area contributed by atoms with Crippen molar-refractivity contribution in [3.63, 3.8) is 0 Å². The maximum absolute atomic E-state index is 13.7. The van der Waals surface area contributed by atoms with Crippen molar-refractivity contribution in [1.82, 2.24) is 10.0 Å². The standard InChI is InChI=1S/C12H17BrFN3O3S/c1-7(2)5-16-12(18)6-17-21(19,20)11-4-10(15)8(13)3-9(11)14/h3-4,7,17H,5-6,15H2,1-2H3,(H,16,18). The Morgan fingerprint density at radius 3 is 2.62 bits per heavy atom. The van der Waals surface area contributed by atoms with Gasteiger partial charge < -0.3 is 11.1 Å². The molecular formula is C12H17BrFN3O3S. The van der Waals surface area contributed by atoms with Gasteiger partial charge in [0.1, 0.15) is 10.7 Å². The van der Waals surface area contributed by atoms with Crippen molar-refractivity contribution >= 4 is 37.5 Å². The maximum Gasteiger partial charge on any atom is 0.244 e. The number of amides is 1. The van der Waals surface area contributed by atoms with Gasteiger partial charge in [0.25, 0.3) is 0 Å². The second-order valence-corrected chi connectivity index (χ2v) is 7.42. The van der Waals surface area contributed by atoms with Crippen LogP contribution < -0.4 is 15.8 Å². The number of nitrogens with two attached hydrogens (primary N) is 1. The molecule has 0 atom stereocenters. The van der Waals surface area contributed by atoms with Crippen molar-refractivity contribution in [3.8, 4) is 0 Å². The zero-order valence-corrected chi connectivity index (χ0v) is 14.0. The summed E-state index contributed by atoms with van der Waals surface area (Å²) in [6, 6.07) is 1.95. The molecule has 0 heterocycles. The van der Waals surface area contributed by atoms with Gasteiger partial charge in [0.2, 0.25) is 15.9 Å². The number of anilines is 1. The Balaban J connectivity index is 2.79. The Kier molecular flexibility index (Phi) is 6.11. The van der Waals surface area contributed by atoms with E-state index in [0.717, 1.165) is 12.1 Å². The van der Waals surface area contributed by atoms with Crippen LogP contribution in [0.3, 0.4) is 0 Å². The van der Waals surface area contributed by atoms with E-state index in [0.29, 0.717) is 6.54 Å². The molecule has 1 aromatic rings. The van der Waals surface area contributed by atoms with Gasteiger partial charge in [0.05, 0.1) is 6.54 Å². The first kappa shape index (κ1) is 17.9. The van der Waals surface area contributed by atoms with E-state index in [-0.39, 0.29) is 16.1 Å². The number of rotatable bonds is 6. The van der Waals surface area contributed by atoms with E-state index in [4.69, 9.17) is 5.73 Å². The first-order valence-corrected chi connectivity index (χ1v) is 8.42. The molecule has 21 heavy (non-hydrogen) atoms. The summed E-state index contributed by atoms with van der Waals surface area (Å²) in [5.41, 5.74) is 5.62. The predicted molar refractivity (Wildman–Crippen MR) is 81.5 cm³/mol. The zero-order valence-electron chi connectivity index (χ0n) is 11.6. The van der Waals surface area contributed by atoms with Gasteiger partial charge in [0, 0.05) is 16.7 Å². The van der Waals surface area contributed by atoms with Gasteiger partial charge in [-0.1, -0.05) is 13.8 Å². The van der Waals surface area contributed by atoms with E-state index in [1.807, 2.05) is 18.6 Å². The molecular weight excluding hydrogens is 365 g/mol. The third-order valence-electron chi connectivity index (χ3n) is 2.47. The molecule has 0 bridgehead atoms. The van der Waals surface area contributed by atoms with Crippen molar-refractivity contribution in [2.24, 2.45) is 5.92 Å². The molecule has 4 N–H and O–H groups in total. The van der Waals surface area contributed by atoms with Crippen LogP contribution in [0, 0.1) is 11.7 Å². The summed E-state index contributed by atoms with van der Waals surface area (Å²) in [6.45, 7) is 3.78. The maximum atomic E-state index is 13.7. The molecule has 0 radical (unpaired) electrons. The Bertz CT molecular complexity index is 635. The summed E-state index contributed by atoms with van der Waals surface area (Å²) < 4.78 is 39.9. The summed E-state index contributed by atoms with van der Waals surface area (Å²) in [6.07, 6.45) is 0. The third-order valence-corrected chi connectivity index (χ3v) is 4.57. The van der Waals surface area contributed by atoms with Gasteiger partial charge >= 0.3 is 0 Å². The largest absolute Gasteiger partial charge is 0.398 e. The molecule has 1 amide bonds. The van der Waals surface area contributed by atoms with Crippen LogP contribution in [0.25, 0.3) is 0 Å². The molecule has 0 aliphatic carbocycles. The third kappa shape index (κ3) is 5.25. The highest BCUT2D eigenvalue weighted by Crippen LogP contribution is 2.25. The first-order valence-electron chi connectivity index (χ1n) is 6.14. The molecule has 9 heteroatoms. The Hall–Kier alpha value is -1.19. The molecule has 0 fully saturated rings. The second kappa shape index (κ2) is 7.19. The SMILES string of the molecule is CC(C)CNC(=O)CNS(=O)(=O)c1cc(N)c(Br)cc1F. The van der Waals surface area contributed by atoms with Crippen LogP contribution in [-0.4, -0.2) is 27.4 Å². The number of hydrogen-bond acceptors (Lipinski definition) is 4. The van der Waals surface area contributed by atoms with E-state index in [1.165, 1.54) is 0 Å². The minimum absolute atomic E-state index is 0.0843. The molecule has 118 valence electrons.